The van der Waals surface area contributed by atoms with Crippen LogP contribution in [-0.4, -0.2) is 11.0 Å². The van der Waals surface area contributed by atoms with Crippen molar-refractivity contribution in [3.63, 3.8) is 0 Å². The minimum Gasteiger partial charge on any atom is -0.508 e. The number of aromatic hydroxyl groups is 1. The van der Waals surface area contributed by atoms with Gasteiger partial charge in [-0.3, -0.25) is 4.79 Å². The topological polar surface area (TPSA) is 61.4 Å². The van der Waals surface area contributed by atoms with Crippen molar-refractivity contribution in [3.05, 3.63) is 45.8 Å². The summed E-state index contributed by atoms with van der Waals surface area (Å²) >= 11 is 1.74. The monoisotopic (exact) mass is 328 g/mol. The van der Waals surface area contributed by atoms with E-state index < -0.39 is 0 Å². The molecule has 4 rings (SSSR count). The summed E-state index contributed by atoms with van der Waals surface area (Å²) in [7, 11) is 0. The molecule has 0 unspecified atom stereocenters. The van der Waals surface area contributed by atoms with E-state index in [0.29, 0.717) is 0 Å². The predicted octanol–water partition coefficient (Wildman–Crippen LogP) is 3.82. The van der Waals surface area contributed by atoms with Crippen molar-refractivity contribution in [2.45, 2.75) is 38.8 Å². The number of carbonyl (C=O) groups is 1. The number of nitrogens with one attached hydrogen (secondary N) is 2. The van der Waals surface area contributed by atoms with E-state index in [1.807, 2.05) is 12.1 Å². The van der Waals surface area contributed by atoms with Crippen LogP contribution >= 0.6 is 11.3 Å². The summed E-state index contributed by atoms with van der Waals surface area (Å²) in [6.45, 7) is 2.25. The fraction of sp³-hybridized carbons (Fsp3) is 0.389. The molecule has 4 nitrogen and oxygen atoms in total. The van der Waals surface area contributed by atoms with Gasteiger partial charge in [-0.25, -0.2) is 0 Å². The van der Waals surface area contributed by atoms with Crippen molar-refractivity contribution in [2.75, 3.05) is 5.32 Å². The molecule has 3 N–H and O–H groups in total. The highest BCUT2D eigenvalue weighted by Crippen LogP contribution is 2.43. The fourth-order valence-corrected chi connectivity index (χ4v) is 4.94. The van der Waals surface area contributed by atoms with Crippen LogP contribution in [0.3, 0.4) is 0 Å². The first kappa shape index (κ1) is 14.6. The van der Waals surface area contributed by atoms with Crippen LogP contribution in [0, 0.1) is 5.92 Å². The third kappa shape index (κ3) is 2.49. The van der Waals surface area contributed by atoms with Crippen LogP contribution in [0.4, 0.5) is 5.00 Å². The molecule has 1 amide bonds. The van der Waals surface area contributed by atoms with Crippen LogP contribution in [-0.2, 0) is 12.8 Å². The van der Waals surface area contributed by atoms with E-state index in [9.17, 15) is 9.90 Å². The Morgan fingerprint density at radius 2 is 2.04 bits per heavy atom. The first-order valence-corrected chi connectivity index (χ1v) is 8.98. The van der Waals surface area contributed by atoms with Gasteiger partial charge in [-0.2, -0.15) is 0 Å². The van der Waals surface area contributed by atoms with Gasteiger partial charge >= 0.3 is 0 Å². The minimum atomic E-state index is -0.238. The number of rotatable bonds is 2. The second kappa shape index (κ2) is 5.57. The lowest BCUT2D eigenvalue weighted by Gasteiger charge is -2.27. The highest BCUT2D eigenvalue weighted by atomic mass is 32.1. The van der Waals surface area contributed by atoms with Gasteiger partial charge in [0.2, 0.25) is 0 Å². The summed E-state index contributed by atoms with van der Waals surface area (Å²) in [6.07, 6.45) is 4.26. The molecular formula is C18H20N2O2S. The lowest BCUT2D eigenvalue weighted by molar-refractivity contribution is 0.0935. The standard InChI is InChI=1S/C18H20N2O2S/c1-2-10-3-8-13-14(9-10)23-18-15(13)17(22)19-16(20-18)11-4-6-12(21)7-5-11/h4-7,10,16,20-21H,2-3,8-9H2,1H3,(H,19,22)/t10-,16-/m0/s1. The molecule has 1 aromatic heterocycles. The second-order valence-corrected chi connectivity index (χ2v) is 7.47. The Balaban J connectivity index is 1.66. The van der Waals surface area contributed by atoms with E-state index in [-0.39, 0.29) is 17.8 Å². The number of phenolic OH excluding ortho intramolecular Hbond substituents is 1. The number of fused-ring (bicyclic) bond motifs is 3. The van der Waals surface area contributed by atoms with Crippen LogP contribution in [0.25, 0.3) is 0 Å². The lowest BCUT2D eigenvalue weighted by atomic mass is 9.85. The third-order valence-corrected chi connectivity index (χ3v) is 6.13. The summed E-state index contributed by atoms with van der Waals surface area (Å²) in [4.78, 5) is 14.0. The molecule has 23 heavy (non-hydrogen) atoms. The van der Waals surface area contributed by atoms with Crippen LogP contribution in [0.1, 0.15) is 52.3 Å². The van der Waals surface area contributed by atoms with Crippen LogP contribution in [0.5, 0.6) is 5.75 Å². The van der Waals surface area contributed by atoms with E-state index >= 15 is 0 Å². The Morgan fingerprint density at radius 1 is 1.26 bits per heavy atom. The van der Waals surface area contributed by atoms with E-state index in [0.717, 1.165) is 34.9 Å². The van der Waals surface area contributed by atoms with Crippen molar-refractivity contribution < 1.29 is 9.90 Å². The molecule has 0 spiro atoms. The highest BCUT2D eigenvalue weighted by molar-refractivity contribution is 7.16. The summed E-state index contributed by atoms with van der Waals surface area (Å²) in [6, 6.07) is 6.95. The van der Waals surface area contributed by atoms with Crippen LogP contribution < -0.4 is 10.6 Å². The molecule has 2 heterocycles. The zero-order valence-corrected chi connectivity index (χ0v) is 13.9. The van der Waals surface area contributed by atoms with Gasteiger partial charge in [-0.15, -0.1) is 11.3 Å². The van der Waals surface area contributed by atoms with Crippen LogP contribution in [0.2, 0.25) is 0 Å². The molecule has 0 saturated carbocycles. The Morgan fingerprint density at radius 3 is 2.78 bits per heavy atom. The molecule has 0 bridgehead atoms. The third-order valence-electron chi connectivity index (χ3n) is 4.95. The molecule has 5 heteroatoms. The van der Waals surface area contributed by atoms with Gasteiger partial charge in [0.25, 0.3) is 5.91 Å². The first-order chi connectivity index (χ1) is 11.2. The average Bonchev–Trinajstić information content (AvgIpc) is 2.93. The van der Waals surface area contributed by atoms with Gasteiger partial charge in [0.15, 0.2) is 0 Å². The Bertz CT molecular complexity index is 751. The number of thiophene rings is 1. The molecule has 2 aromatic rings. The van der Waals surface area contributed by atoms with Gasteiger partial charge in [0.1, 0.15) is 16.9 Å². The minimum absolute atomic E-state index is 0.0178. The first-order valence-electron chi connectivity index (χ1n) is 8.16. The van der Waals surface area contributed by atoms with E-state index in [1.54, 1.807) is 23.5 Å². The van der Waals surface area contributed by atoms with Crippen molar-refractivity contribution in [1.29, 1.82) is 0 Å². The zero-order valence-electron chi connectivity index (χ0n) is 13.1. The van der Waals surface area contributed by atoms with Gasteiger partial charge in [-0.05, 0) is 48.4 Å². The number of phenols is 1. The zero-order chi connectivity index (χ0) is 16.0. The van der Waals surface area contributed by atoms with Crippen molar-refractivity contribution in [3.8, 4) is 5.75 Å². The van der Waals surface area contributed by atoms with Gasteiger partial charge < -0.3 is 15.7 Å². The molecule has 0 fully saturated rings. The SMILES string of the molecule is CC[C@H]1CCc2c(sc3c2C(=O)N[C@H](c2ccc(O)cc2)N3)C1. The van der Waals surface area contributed by atoms with E-state index in [4.69, 9.17) is 0 Å². The number of carbonyl (C=O) groups excluding carboxylic acids is 1. The molecule has 1 aromatic carbocycles. The Labute approximate surface area is 139 Å². The second-order valence-electron chi connectivity index (χ2n) is 6.37. The summed E-state index contributed by atoms with van der Waals surface area (Å²) < 4.78 is 0. The number of benzene rings is 1. The van der Waals surface area contributed by atoms with Gasteiger partial charge in [-0.1, -0.05) is 25.5 Å². The molecule has 2 aliphatic rings. The van der Waals surface area contributed by atoms with Crippen molar-refractivity contribution in [1.82, 2.24) is 5.32 Å². The molecular weight excluding hydrogens is 308 g/mol. The Hall–Kier alpha value is -2.01. The quantitative estimate of drug-likeness (QED) is 0.785. The van der Waals surface area contributed by atoms with E-state index in [1.165, 1.54) is 23.3 Å². The van der Waals surface area contributed by atoms with Crippen molar-refractivity contribution in [2.24, 2.45) is 5.92 Å². The maximum absolute atomic E-state index is 12.6. The molecule has 0 saturated heterocycles. The average molecular weight is 328 g/mol. The molecule has 1 aliphatic carbocycles. The number of hydrogen-bond acceptors (Lipinski definition) is 4. The van der Waals surface area contributed by atoms with Gasteiger partial charge in [0.05, 0.1) is 5.56 Å². The maximum atomic E-state index is 12.6. The van der Waals surface area contributed by atoms with Gasteiger partial charge in [0, 0.05) is 4.88 Å². The molecule has 0 radical (unpaired) electrons. The molecule has 2 atom stereocenters. The summed E-state index contributed by atoms with van der Waals surface area (Å²) in [5, 5.41) is 16.9. The smallest absolute Gasteiger partial charge is 0.256 e. The largest absolute Gasteiger partial charge is 0.508 e. The fourth-order valence-electron chi connectivity index (χ4n) is 3.55. The maximum Gasteiger partial charge on any atom is 0.256 e. The summed E-state index contributed by atoms with van der Waals surface area (Å²) in [5.41, 5.74) is 3.05. The number of amides is 1. The van der Waals surface area contributed by atoms with Crippen LogP contribution in [0.15, 0.2) is 24.3 Å². The van der Waals surface area contributed by atoms with E-state index in [2.05, 4.69) is 17.6 Å². The van der Waals surface area contributed by atoms with Crippen molar-refractivity contribution >= 4 is 22.2 Å². The highest BCUT2D eigenvalue weighted by Gasteiger charge is 2.33. The lowest BCUT2D eigenvalue weighted by Crippen LogP contribution is -2.38. The summed E-state index contributed by atoms with van der Waals surface area (Å²) in [5.74, 6) is 0.997. The Kier molecular flexibility index (Phi) is 3.53. The molecule has 1 aliphatic heterocycles. The normalized spacial score (nSPS) is 22.7. The number of hydrogen-bond donors (Lipinski definition) is 3. The predicted molar refractivity (Wildman–Crippen MR) is 92.1 cm³/mol. The molecule has 120 valence electrons. The number of anilines is 1.